The maximum absolute atomic E-state index is 12.2. The van der Waals surface area contributed by atoms with Gasteiger partial charge in [-0.25, -0.2) is 0 Å². The number of aryl methyl sites for hydroxylation is 1. The van der Waals surface area contributed by atoms with Crippen molar-refractivity contribution in [1.82, 2.24) is 4.90 Å². The van der Waals surface area contributed by atoms with Gasteiger partial charge in [-0.05, 0) is 36.4 Å². The van der Waals surface area contributed by atoms with Crippen molar-refractivity contribution >= 4 is 28.6 Å². The number of anilines is 1. The quantitative estimate of drug-likeness (QED) is 0.690. The molecule has 0 atom stereocenters. The molecule has 0 unspecified atom stereocenters. The number of hydrogen-bond donors (Lipinski definition) is 1. The highest BCUT2D eigenvalue weighted by Crippen LogP contribution is 2.24. The minimum absolute atomic E-state index is 0.0173. The first kappa shape index (κ1) is 15.6. The Labute approximate surface area is 137 Å². The molecule has 120 valence electrons. The number of carbonyl (C=O) groups is 1. The summed E-state index contributed by atoms with van der Waals surface area (Å²) in [5.74, 6) is -0.151. The van der Waals surface area contributed by atoms with Crippen LogP contribution >= 0.6 is 11.3 Å². The van der Waals surface area contributed by atoms with Gasteiger partial charge in [-0.15, -0.1) is 11.3 Å². The molecule has 0 spiro atoms. The van der Waals surface area contributed by atoms with Crippen LogP contribution in [0.25, 0.3) is 0 Å². The molecule has 1 aromatic carbocycles. The van der Waals surface area contributed by atoms with Gasteiger partial charge < -0.3 is 5.32 Å². The van der Waals surface area contributed by atoms with Gasteiger partial charge in [0.1, 0.15) is 0 Å². The van der Waals surface area contributed by atoms with E-state index in [0.717, 1.165) is 19.5 Å². The van der Waals surface area contributed by atoms with Crippen LogP contribution in [0.15, 0.2) is 29.6 Å². The Bertz CT molecular complexity index is 757. The number of benzene rings is 1. The fraction of sp³-hybridized carbons (Fsp3) is 0.312. The predicted molar refractivity (Wildman–Crippen MR) is 89.8 cm³/mol. The number of fused-ring (bicyclic) bond motifs is 1. The first-order valence-electron chi connectivity index (χ1n) is 7.35. The van der Waals surface area contributed by atoms with Crippen LogP contribution in [0.3, 0.4) is 0 Å². The number of amides is 1. The largest absolute Gasteiger partial charge is 0.325 e. The molecular weight excluding hydrogens is 314 g/mol. The van der Waals surface area contributed by atoms with E-state index in [1.807, 2.05) is 0 Å². The summed E-state index contributed by atoms with van der Waals surface area (Å²) in [6, 6.07) is 6.84. The van der Waals surface area contributed by atoms with Crippen molar-refractivity contribution in [3.8, 4) is 0 Å². The second-order valence-corrected chi connectivity index (χ2v) is 6.64. The molecule has 23 heavy (non-hydrogen) atoms. The summed E-state index contributed by atoms with van der Waals surface area (Å²) >= 11 is 1.76. The highest BCUT2D eigenvalue weighted by atomic mass is 32.1. The summed E-state index contributed by atoms with van der Waals surface area (Å²) in [6.45, 7) is 3.60. The van der Waals surface area contributed by atoms with Crippen molar-refractivity contribution in [3.63, 3.8) is 0 Å². The van der Waals surface area contributed by atoms with E-state index < -0.39 is 4.92 Å². The van der Waals surface area contributed by atoms with Gasteiger partial charge in [0.2, 0.25) is 5.91 Å². The highest BCUT2D eigenvalue weighted by Gasteiger charge is 2.19. The van der Waals surface area contributed by atoms with Gasteiger partial charge >= 0.3 is 0 Å². The third kappa shape index (κ3) is 3.57. The van der Waals surface area contributed by atoms with Gasteiger partial charge in [-0.2, -0.15) is 0 Å². The second kappa shape index (κ2) is 6.47. The van der Waals surface area contributed by atoms with Crippen molar-refractivity contribution in [1.29, 1.82) is 0 Å². The van der Waals surface area contributed by atoms with Crippen LogP contribution in [-0.4, -0.2) is 28.8 Å². The molecule has 1 aliphatic rings. The van der Waals surface area contributed by atoms with E-state index in [0.29, 0.717) is 11.3 Å². The number of hydrogen-bond acceptors (Lipinski definition) is 5. The van der Waals surface area contributed by atoms with Crippen LogP contribution in [0, 0.1) is 17.0 Å². The van der Waals surface area contributed by atoms with Crippen LogP contribution < -0.4 is 5.32 Å². The van der Waals surface area contributed by atoms with E-state index in [2.05, 4.69) is 21.7 Å². The molecule has 2 aromatic rings. The number of carbonyl (C=O) groups excluding carboxylic acids is 1. The van der Waals surface area contributed by atoms with Crippen LogP contribution in [0.4, 0.5) is 11.4 Å². The monoisotopic (exact) mass is 331 g/mol. The molecule has 0 saturated heterocycles. The molecule has 0 aliphatic carbocycles. The fourth-order valence-corrected chi connectivity index (χ4v) is 3.62. The molecule has 0 radical (unpaired) electrons. The van der Waals surface area contributed by atoms with E-state index in [4.69, 9.17) is 0 Å². The predicted octanol–water partition coefficient (Wildman–Crippen LogP) is 2.96. The Kier molecular flexibility index (Phi) is 4.40. The van der Waals surface area contributed by atoms with Gasteiger partial charge in [0.25, 0.3) is 5.69 Å². The number of nitrogens with one attached hydrogen (secondary N) is 1. The van der Waals surface area contributed by atoms with Crippen molar-refractivity contribution in [2.75, 3.05) is 18.4 Å². The first-order chi connectivity index (χ1) is 11.0. The summed E-state index contributed by atoms with van der Waals surface area (Å²) in [5, 5.41) is 15.8. The average molecular weight is 331 g/mol. The summed E-state index contributed by atoms with van der Waals surface area (Å²) in [7, 11) is 0. The zero-order chi connectivity index (χ0) is 16.4. The zero-order valence-electron chi connectivity index (χ0n) is 12.7. The van der Waals surface area contributed by atoms with E-state index in [1.165, 1.54) is 16.5 Å². The highest BCUT2D eigenvalue weighted by molar-refractivity contribution is 7.10. The molecule has 6 nitrogen and oxygen atoms in total. The third-order valence-electron chi connectivity index (χ3n) is 3.94. The molecular formula is C16H17N3O3S. The molecule has 0 fully saturated rings. The van der Waals surface area contributed by atoms with Gasteiger partial charge in [0, 0.05) is 35.3 Å². The van der Waals surface area contributed by atoms with E-state index in [-0.39, 0.29) is 18.1 Å². The van der Waals surface area contributed by atoms with E-state index >= 15 is 0 Å². The van der Waals surface area contributed by atoms with Crippen LogP contribution in [-0.2, 0) is 17.8 Å². The Morgan fingerprint density at radius 3 is 3.04 bits per heavy atom. The molecule has 1 aromatic heterocycles. The van der Waals surface area contributed by atoms with Crippen molar-refractivity contribution in [3.05, 3.63) is 55.8 Å². The minimum atomic E-state index is -0.437. The molecule has 1 aliphatic heterocycles. The normalized spacial score (nSPS) is 14.3. The van der Waals surface area contributed by atoms with Crippen LogP contribution in [0.5, 0.6) is 0 Å². The summed E-state index contributed by atoms with van der Waals surface area (Å²) in [6.07, 6.45) is 0.969. The number of nitro benzene ring substituents is 1. The lowest BCUT2D eigenvalue weighted by Crippen LogP contribution is -2.36. The minimum Gasteiger partial charge on any atom is -0.325 e. The Balaban J connectivity index is 1.62. The van der Waals surface area contributed by atoms with Crippen molar-refractivity contribution < 1.29 is 9.72 Å². The topological polar surface area (TPSA) is 75.5 Å². The molecule has 0 bridgehead atoms. The summed E-state index contributed by atoms with van der Waals surface area (Å²) < 4.78 is 0. The maximum Gasteiger partial charge on any atom is 0.274 e. The average Bonchev–Trinajstić information content (AvgIpc) is 2.96. The van der Waals surface area contributed by atoms with Crippen LogP contribution in [0.2, 0.25) is 0 Å². The fourth-order valence-electron chi connectivity index (χ4n) is 2.73. The molecule has 1 N–H and O–H groups in total. The Hall–Kier alpha value is -2.25. The summed E-state index contributed by atoms with van der Waals surface area (Å²) in [4.78, 5) is 26.2. The number of rotatable bonds is 4. The van der Waals surface area contributed by atoms with Gasteiger partial charge in [-0.3, -0.25) is 19.8 Å². The van der Waals surface area contributed by atoms with Crippen molar-refractivity contribution in [2.45, 2.75) is 19.9 Å². The smallest absolute Gasteiger partial charge is 0.274 e. The number of nitro groups is 1. The Morgan fingerprint density at radius 2 is 2.26 bits per heavy atom. The molecule has 1 amide bonds. The van der Waals surface area contributed by atoms with E-state index in [1.54, 1.807) is 30.4 Å². The zero-order valence-corrected chi connectivity index (χ0v) is 13.6. The molecule has 2 heterocycles. The van der Waals surface area contributed by atoms with Gasteiger partial charge in [0.05, 0.1) is 11.5 Å². The standard InChI is InChI=1S/C16H17N3O3S/c1-11-2-3-13(8-14(11)19(21)22)17-16(20)10-18-6-4-15-12(9-18)5-7-23-15/h2-3,5,7-8H,4,6,9-10H2,1H3,(H,17,20). The first-order valence-corrected chi connectivity index (χ1v) is 8.23. The van der Waals surface area contributed by atoms with E-state index in [9.17, 15) is 14.9 Å². The molecule has 3 rings (SSSR count). The van der Waals surface area contributed by atoms with Gasteiger partial charge in [-0.1, -0.05) is 6.07 Å². The SMILES string of the molecule is Cc1ccc(NC(=O)CN2CCc3sccc3C2)cc1[N+](=O)[O-]. The Morgan fingerprint density at radius 1 is 1.43 bits per heavy atom. The maximum atomic E-state index is 12.2. The third-order valence-corrected chi connectivity index (χ3v) is 4.97. The van der Waals surface area contributed by atoms with Crippen molar-refractivity contribution in [2.24, 2.45) is 0 Å². The second-order valence-electron chi connectivity index (χ2n) is 5.64. The number of thiophene rings is 1. The summed E-state index contributed by atoms with van der Waals surface area (Å²) in [5.41, 5.74) is 2.35. The number of nitrogens with zero attached hydrogens (tertiary/aromatic N) is 2. The van der Waals surface area contributed by atoms with Gasteiger partial charge in [0.15, 0.2) is 0 Å². The molecule has 0 saturated carbocycles. The lowest BCUT2D eigenvalue weighted by atomic mass is 10.1. The molecule has 7 heteroatoms. The lowest BCUT2D eigenvalue weighted by Gasteiger charge is -2.26. The van der Waals surface area contributed by atoms with Crippen LogP contribution in [0.1, 0.15) is 16.0 Å². The lowest BCUT2D eigenvalue weighted by molar-refractivity contribution is -0.385.